The van der Waals surface area contributed by atoms with Crippen molar-refractivity contribution in [3.05, 3.63) is 17.7 Å². The second kappa shape index (κ2) is 5.75. The highest BCUT2D eigenvalue weighted by atomic mass is 16.5. The van der Waals surface area contributed by atoms with Gasteiger partial charge in [-0.3, -0.25) is 0 Å². The third-order valence-electron chi connectivity index (χ3n) is 3.61. The van der Waals surface area contributed by atoms with E-state index in [0.717, 1.165) is 64.2 Å². The highest BCUT2D eigenvalue weighted by Gasteiger charge is 2.17. The van der Waals surface area contributed by atoms with Crippen molar-refractivity contribution in [2.24, 2.45) is 0 Å². The average molecular weight is 263 g/mol. The molecule has 0 bridgehead atoms. The van der Waals surface area contributed by atoms with Crippen molar-refractivity contribution in [3.8, 4) is 0 Å². The predicted octanol–water partition coefficient (Wildman–Crippen LogP) is 1.06. The van der Waals surface area contributed by atoms with E-state index in [2.05, 4.69) is 28.9 Å². The molecule has 0 atom stereocenters. The first-order valence-corrected chi connectivity index (χ1v) is 6.97. The lowest BCUT2D eigenvalue weighted by molar-refractivity contribution is 0.121. The molecule has 5 heteroatoms. The van der Waals surface area contributed by atoms with Gasteiger partial charge in [0, 0.05) is 26.2 Å². The van der Waals surface area contributed by atoms with Gasteiger partial charge in [0.05, 0.1) is 26.4 Å². The molecule has 2 aliphatic rings. The average Bonchev–Trinajstić information content (AvgIpc) is 2.48. The summed E-state index contributed by atoms with van der Waals surface area (Å²) in [5.41, 5.74) is 1.26. The van der Waals surface area contributed by atoms with E-state index in [1.807, 2.05) is 0 Å². The molecule has 0 radical (unpaired) electrons. The molecule has 3 rings (SSSR count). The molecule has 0 saturated carbocycles. The van der Waals surface area contributed by atoms with Gasteiger partial charge in [-0.1, -0.05) is 0 Å². The first-order chi connectivity index (χ1) is 9.33. The van der Waals surface area contributed by atoms with Crippen molar-refractivity contribution in [1.29, 1.82) is 0 Å². The van der Waals surface area contributed by atoms with Gasteiger partial charge in [-0.05, 0) is 24.6 Å². The van der Waals surface area contributed by atoms with Crippen LogP contribution < -0.4 is 9.80 Å². The Morgan fingerprint density at radius 2 is 1.26 bits per heavy atom. The van der Waals surface area contributed by atoms with Gasteiger partial charge in [0.15, 0.2) is 0 Å². The number of hydrogen-bond donors (Lipinski definition) is 0. The van der Waals surface area contributed by atoms with Gasteiger partial charge in [-0.2, -0.15) is 0 Å². The van der Waals surface area contributed by atoms with Crippen LogP contribution in [-0.4, -0.2) is 57.6 Å². The molecule has 0 aliphatic carbocycles. The summed E-state index contributed by atoms with van der Waals surface area (Å²) in [5.74, 6) is 2.15. The summed E-state index contributed by atoms with van der Waals surface area (Å²) in [6.07, 6.45) is 0. The molecule has 2 saturated heterocycles. The maximum absolute atomic E-state index is 5.40. The minimum atomic E-state index is 0.794. The standard InChI is InChI=1S/C14H21N3O2/c1-12-10-13(16-2-6-18-7-3-16)15-14(11-12)17-4-8-19-9-5-17/h10-11H,2-9H2,1H3. The molecule has 0 aromatic carbocycles. The van der Waals surface area contributed by atoms with E-state index in [-0.39, 0.29) is 0 Å². The Labute approximate surface area is 114 Å². The molecular formula is C14H21N3O2. The number of ether oxygens (including phenoxy) is 2. The largest absolute Gasteiger partial charge is 0.378 e. The summed E-state index contributed by atoms with van der Waals surface area (Å²) in [6.45, 7) is 9.03. The van der Waals surface area contributed by atoms with Crippen molar-refractivity contribution in [3.63, 3.8) is 0 Å². The number of rotatable bonds is 2. The topological polar surface area (TPSA) is 37.8 Å². The molecule has 0 N–H and O–H groups in total. The maximum Gasteiger partial charge on any atom is 0.131 e. The van der Waals surface area contributed by atoms with E-state index < -0.39 is 0 Å². The number of anilines is 2. The van der Waals surface area contributed by atoms with Crippen LogP contribution in [0.3, 0.4) is 0 Å². The van der Waals surface area contributed by atoms with Gasteiger partial charge >= 0.3 is 0 Å². The number of aryl methyl sites for hydroxylation is 1. The highest BCUT2D eigenvalue weighted by molar-refractivity contribution is 5.52. The summed E-state index contributed by atoms with van der Waals surface area (Å²) in [7, 11) is 0. The number of pyridine rings is 1. The molecule has 1 aromatic heterocycles. The molecule has 0 amide bonds. The number of aromatic nitrogens is 1. The summed E-state index contributed by atoms with van der Waals surface area (Å²) < 4.78 is 10.8. The van der Waals surface area contributed by atoms with E-state index in [0.29, 0.717) is 0 Å². The lowest BCUT2D eigenvalue weighted by atomic mass is 10.2. The summed E-state index contributed by atoms with van der Waals surface area (Å²) in [6, 6.07) is 4.32. The Morgan fingerprint density at radius 1 is 0.842 bits per heavy atom. The quantitative estimate of drug-likeness (QED) is 0.798. The monoisotopic (exact) mass is 263 g/mol. The van der Waals surface area contributed by atoms with Crippen molar-refractivity contribution >= 4 is 11.6 Å². The fraction of sp³-hybridized carbons (Fsp3) is 0.643. The van der Waals surface area contributed by atoms with Crippen LogP contribution in [0, 0.1) is 6.92 Å². The smallest absolute Gasteiger partial charge is 0.131 e. The van der Waals surface area contributed by atoms with Gasteiger partial charge in [-0.25, -0.2) is 4.98 Å². The molecular weight excluding hydrogens is 242 g/mol. The summed E-state index contributed by atoms with van der Waals surface area (Å²) in [4.78, 5) is 9.43. The Kier molecular flexibility index (Phi) is 3.84. The van der Waals surface area contributed by atoms with E-state index in [4.69, 9.17) is 14.5 Å². The van der Waals surface area contributed by atoms with Gasteiger partial charge in [-0.15, -0.1) is 0 Å². The summed E-state index contributed by atoms with van der Waals surface area (Å²) in [5, 5.41) is 0. The van der Waals surface area contributed by atoms with E-state index >= 15 is 0 Å². The molecule has 1 aromatic rings. The Hall–Kier alpha value is -1.33. The van der Waals surface area contributed by atoms with Crippen LogP contribution >= 0.6 is 0 Å². The van der Waals surface area contributed by atoms with Crippen LogP contribution in [0.5, 0.6) is 0 Å². The zero-order valence-corrected chi connectivity index (χ0v) is 11.5. The second-order valence-corrected chi connectivity index (χ2v) is 5.06. The van der Waals surface area contributed by atoms with E-state index in [1.54, 1.807) is 0 Å². The van der Waals surface area contributed by atoms with E-state index in [1.165, 1.54) is 5.56 Å². The molecule has 0 unspecified atom stereocenters. The third-order valence-corrected chi connectivity index (χ3v) is 3.61. The molecule has 104 valence electrons. The summed E-state index contributed by atoms with van der Waals surface area (Å²) >= 11 is 0. The van der Waals surface area contributed by atoms with E-state index in [9.17, 15) is 0 Å². The van der Waals surface area contributed by atoms with Crippen LogP contribution in [0.15, 0.2) is 12.1 Å². The Morgan fingerprint density at radius 3 is 1.68 bits per heavy atom. The molecule has 19 heavy (non-hydrogen) atoms. The maximum atomic E-state index is 5.40. The van der Waals surface area contributed by atoms with Gasteiger partial charge in [0.2, 0.25) is 0 Å². The fourth-order valence-electron chi connectivity index (χ4n) is 2.54. The van der Waals surface area contributed by atoms with Crippen molar-refractivity contribution in [1.82, 2.24) is 4.98 Å². The normalized spacial score (nSPS) is 20.7. The minimum absolute atomic E-state index is 0.794. The number of morpholine rings is 2. The van der Waals surface area contributed by atoms with Crippen LogP contribution in [0.25, 0.3) is 0 Å². The highest BCUT2D eigenvalue weighted by Crippen LogP contribution is 2.22. The van der Waals surface area contributed by atoms with Crippen molar-refractivity contribution < 1.29 is 9.47 Å². The van der Waals surface area contributed by atoms with Crippen LogP contribution in [-0.2, 0) is 9.47 Å². The van der Waals surface area contributed by atoms with Crippen molar-refractivity contribution in [2.45, 2.75) is 6.92 Å². The van der Waals surface area contributed by atoms with Gasteiger partial charge in [0.1, 0.15) is 11.6 Å². The van der Waals surface area contributed by atoms with Crippen LogP contribution in [0.2, 0.25) is 0 Å². The van der Waals surface area contributed by atoms with Crippen molar-refractivity contribution in [2.75, 3.05) is 62.4 Å². The molecule has 2 fully saturated rings. The molecule has 2 aliphatic heterocycles. The third kappa shape index (κ3) is 2.98. The predicted molar refractivity (Wildman–Crippen MR) is 75.0 cm³/mol. The zero-order chi connectivity index (χ0) is 13.1. The lowest BCUT2D eigenvalue weighted by Crippen LogP contribution is -2.39. The van der Waals surface area contributed by atoms with Crippen LogP contribution in [0.1, 0.15) is 5.56 Å². The molecule has 3 heterocycles. The second-order valence-electron chi connectivity index (χ2n) is 5.06. The minimum Gasteiger partial charge on any atom is -0.378 e. The van der Waals surface area contributed by atoms with Gasteiger partial charge in [0.25, 0.3) is 0 Å². The zero-order valence-electron chi connectivity index (χ0n) is 11.5. The first-order valence-electron chi connectivity index (χ1n) is 6.97. The number of hydrogen-bond acceptors (Lipinski definition) is 5. The Bertz CT molecular complexity index is 390. The Balaban J connectivity index is 1.82. The first kappa shape index (κ1) is 12.7. The molecule has 0 spiro atoms. The van der Waals surface area contributed by atoms with Crippen LogP contribution in [0.4, 0.5) is 11.6 Å². The number of nitrogens with zero attached hydrogens (tertiary/aromatic N) is 3. The van der Waals surface area contributed by atoms with Gasteiger partial charge < -0.3 is 19.3 Å². The SMILES string of the molecule is Cc1cc(N2CCOCC2)nc(N2CCOCC2)c1. The fourth-order valence-corrected chi connectivity index (χ4v) is 2.54. The lowest BCUT2D eigenvalue weighted by Gasteiger charge is -2.31. The molecule has 5 nitrogen and oxygen atoms in total.